The number of hydrogen-bond acceptors (Lipinski definition) is 11. The SMILES string of the molecule is COc1cc(CO[C@H]2CN(C(=O)O)C[C@@H](OCc3cc(OC)c(OC)c(OC)c3)[C@H]2c2ccc(OCCCOCc3ccccc3)cc2)cc(OC)c1OC. The summed E-state index contributed by atoms with van der Waals surface area (Å²) in [5.41, 5.74) is 3.55. The Hall–Kier alpha value is -5.37. The zero-order valence-corrected chi connectivity index (χ0v) is 32.3. The number of carbonyl (C=O) groups is 1. The van der Waals surface area contributed by atoms with Crippen LogP contribution >= 0.6 is 0 Å². The van der Waals surface area contributed by atoms with E-state index in [1.54, 1.807) is 42.7 Å². The highest BCUT2D eigenvalue weighted by Gasteiger charge is 2.41. The molecule has 13 nitrogen and oxygen atoms in total. The Kier molecular flexibility index (Phi) is 15.1. The fraction of sp³-hybridized carbons (Fsp3) is 0.405. The maximum atomic E-state index is 12.5. The third-order valence-corrected chi connectivity index (χ3v) is 9.33. The number of nitrogens with zero attached hydrogens (tertiary/aromatic N) is 1. The van der Waals surface area contributed by atoms with E-state index in [0.29, 0.717) is 60.1 Å². The van der Waals surface area contributed by atoms with Gasteiger partial charge in [0.2, 0.25) is 11.5 Å². The number of benzene rings is 4. The van der Waals surface area contributed by atoms with Crippen molar-refractivity contribution in [1.82, 2.24) is 4.90 Å². The van der Waals surface area contributed by atoms with E-state index in [1.165, 1.54) is 4.90 Å². The van der Waals surface area contributed by atoms with Gasteiger partial charge in [0.05, 0.1) is 101 Å². The molecule has 1 heterocycles. The number of hydrogen-bond donors (Lipinski definition) is 1. The predicted octanol–water partition coefficient (Wildman–Crippen LogP) is 6.97. The molecule has 4 aromatic carbocycles. The Morgan fingerprint density at radius 1 is 0.618 bits per heavy atom. The van der Waals surface area contributed by atoms with Crippen LogP contribution in [0.5, 0.6) is 40.2 Å². The maximum Gasteiger partial charge on any atom is 0.407 e. The van der Waals surface area contributed by atoms with Crippen molar-refractivity contribution in [3.05, 3.63) is 101 Å². The van der Waals surface area contributed by atoms with Crippen LogP contribution in [0.3, 0.4) is 0 Å². The van der Waals surface area contributed by atoms with Crippen molar-refractivity contribution in [2.45, 2.75) is 44.4 Å². The highest BCUT2D eigenvalue weighted by Crippen LogP contribution is 2.41. The van der Waals surface area contributed by atoms with Gasteiger partial charge in [0.15, 0.2) is 23.0 Å². The number of carboxylic acid groups (broad SMARTS) is 1. The van der Waals surface area contributed by atoms with Gasteiger partial charge in [-0.25, -0.2) is 4.79 Å². The molecule has 296 valence electrons. The standard InChI is InChI=1S/C42H51NO12/c1-46-33-19-29(20-34(47-2)40(33)50-5)26-54-37-23-43(42(44)45)24-38(55-27-30-21-35(48-3)41(51-6)36(22-30)49-4)39(37)31-13-15-32(16-14-31)53-18-10-17-52-25-28-11-8-7-9-12-28/h7-9,11-16,19-22,37-39H,10,17-18,23-27H2,1-6H3,(H,44,45)/t37-,38+,39-. The van der Waals surface area contributed by atoms with Gasteiger partial charge in [0.25, 0.3) is 0 Å². The molecule has 0 aromatic heterocycles. The third-order valence-electron chi connectivity index (χ3n) is 9.33. The van der Waals surface area contributed by atoms with Gasteiger partial charge in [-0.05, 0) is 58.7 Å². The Morgan fingerprint density at radius 3 is 1.55 bits per heavy atom. The molecule has 1 N–H and O–H groups in total. The first-order valence-electron chi connectivity index (χ1n) is 18.0. The summed E-state index contributed by atoms with van der Waals surface area (Å²) in [6.07, 6.45) is -1.53. The van der Waals surface area contributed by atoms with Crippen LogP contribution in [0.4, 0.5) is 4.79 Å². The molecule has 0 radical (unpaired) electrons. The molecular formula is C42H51NO12. The largest absolute Gasteiger partial charge is 0.494 e. The van der Waals surface area contributed by atoms with E-state index < -0.39 is 18.3 Å². The molecule has 0 bridgehead atoms. The summed E-state index contributed by atoms with van der Waals surface area (Å²) in [6, 6.07) is 25.1. The highest BCUT2D eigenvalue weighted by molar-refractivity contribution is 5.65. The number of piperidine rings is 1. The summed E-state index contributed by atoms with van der Waals surface area (Å²) >= 11 is 0. The molecule has 1 saturated heterocycles. The van der Waals surface area contributed by atoms with Crippen molar-refractivity contribution in [2.24, 2.45) is 0 Å². The Balaban J connectivity index is 1.36. The van der Waals surface area contributed by atoms with Crippen molar-refractivity contribution in [3.63, 3.8) is 0 Å². The molecule has 1 amide bonds. The molecule has 13 heteroatoms. The lowest BCUT2D eigenvalue weighted by Crippen LogP contribution is -2.54. The first-order chi connectivity index (χ1) is 26.8. The first kappa shape index (κ1) is 40.8. The molecule has 0 saturated carbocycles. The topological polar surface area (TPSA) is 133 Å². The smallest absolute Gasteiger partial charge is 0.407 e. The quantitative estimate of drug-likeness (QED) is 0.0933. The summed E-state index contributed by atoms with van der Waals surface area (Å²) in [6.45, 7) is 2.14. The van der Waals surface area contributed by atoms with Gasteiger partial charge in [0.1, 0.15) is 5.75 Å². The molecular weight excluding hydrogens is 710 g/mol. The maximum absolute atomic E-state index is 12.5. The van der Waals surface area contributed by atoms with Gasteiger partial charge in [-0.1, -0.05) is 42.5 Å². The van der Waals surface area contributed by atoms with Crippen molar-refractivity contribution in [2.75, 3.05) is 69.0 Å². The van der Waals surface area contributed by atoms with Crippen LogP contribution < -0.4 is 33.2 Å². The average molecular weight is 762 g/mol. The Labute approximate surface area is 322 Å². The fourth-order valence-corrected chi connectivity index (χ4v) is 6.62. The van der Waals surface area contributed by atoms with E-state index in [1.807, 2.05) is 78.9 Å². The van der Waals surface area contributed by atoms with Crippen LogP contribution in [0.2, 0.25) is 0 Å². The van der Waals surface area contributed by atoms with Gasteiger partial charge >= 0.3 is 6.09 Å². The molecule has 55 heavy (non-hydrogen) atoms. The zero-order chi connectivity index (χ0) is 39.2. The molecule has 0 unspecified atom stereocenters. The molecule has 0 spiro atoms. The first-order valence-corrected chi connectivity index (χ1v) is 18.0. The van der Waals surface area contributed by atoms with Crippen molar-refractivity contribution in [3.8, 4) is 40.2 Å². The number of amides is 1. The molecule has 0 aliphatic carbocycles. The molecule has 4 aromatic rings. The van der Waals surface area contributed by atoms with Crippen molar-refractivity contribution < 1.29 is 57.3 Å². The summed E-state index contributed by atoms with van der Waals surface area (Å²) in [7, 11) is 9.28. The lowest BCUT2D eigenvalue weighted by atomic mass is 9.84. The molecule has 3 atom stereocenters. The molecule has 1 aliphatic heterocycles. The van der Waals surface area contributed by atoms with Gasteiger partial charge in [-0.3, -0.25) is 0 Å². The lowest BCUT2D eigenvalue weighted by molar-refractivity contribution is -0.0937. The van der Waals surface area contributed by atoms with Crippen molar-refractivity contribution >= 4 is 6.09 Å². The number of likely N-dealkylation sites (tertiary alicyclic amines) is 1. The van der Waals surface area contributed by atoms with Crippen LogP contribution in [0.1, 0.15) is 34.6 Å². The second-order valence-corrected chi connectivity index (χ2v) is 12.8. The van der Waals surface area contributed by atoms with Gasteiger partial charge in [-0.2, -0.15) is 0 Å². The average Bonchev–Trinajstić information content (AvgIpc) is 3.22. The predicted molar refractivity (Wildman–Crippen MR) is 204 cm³/mol. The van der Waals surface area contributed by atoms with E-state index in [4.69, 9.17) is 47.4 Å². The summed E-state index contributed by atoms with van der Waals surface area (Å²) in [5.74, 6) is 3.21. The van der Waals surface area contributed by atoms with Gasteiger partial charge in [0, 0.05) is 12.3 Å². The monoisotopic (exact) mass is 761 g/mol. The second kappa shape index (κ2) is 20.3. The summed E-state index contributed by atoms with van der Waals surface area (Å²) in [4.78, 5) is 13.8. The van der Waals surface area contributed by atoms with E-state index in [2.05, 4.69) is 0 Å². The third kappa shape index (κ3) is 10.7. The van der Waals surface area contributed by atoms with Gasteiger partial charge < -0.3 is 57.4 Å². The normalized spacial score (nSPS) is 16.6. The van der Waals surface area contributed by atoms with Crippen LogP contribution in [0.25, 0.3) is 0 Å². The Morgan fingerprint density at radius 2 is 1.11 bits per heavy atom. The van der Waals surface area contributed by atoms with Crippen molar-refractivity contribution in [1.29, 1.82) is 0 Å². The lowest BCUT2D eigenvalue weighted by Gasteiger charge is -2.42. The number of rotatable bonds is 20. The van der Waals surface area contributed by atoms with Crippen LogP contribution in [0, 0.1) is 0 Å². The Bertz CT molecular complexity index is 1670. The molecule has 5 rings (SSSR count). The number of methoxy groups -OCH3 is 6. The molecule has 1 fully saturated rings. The second-order valence-electron chi connectivity index (χ2n) is 12.8. The minimum absolute atomic E-state index is 0.121. The summed E-state index contributed by atoms with van der Waals surface area (Å²) < 4.78 is 58.2. The van der Waals surface area contributed by atoms with Gasteiger partial charge in [-0.15, -0.1) is 0 Å². The van der Waals surface area contributed by atoms with Crippen LogP contribution in [-0.2, 0) is 34.0 Å². The van der Waals surface area contributed by atoms with Crippen LogP contribution in [-0.4, -0.2) is 97.3 Å². The van der Waals surface area contributed by atoms with E-state index >= 15 is 0 Å². The van der Waals surface area contributed by atoms with E-state index in [0.717, 1.165) is 28.7 Å². The van der Waals surface area contributed by atoms with E-state index in [9.17, 15) is 9.90 Å². The van der Waals surface area contributed by atoms with E-state index in [-0.39, 0.29) is 32.2 Å². The minimum Gasteiger partial charge on any atom is -0.494 e. The molecule has 1 aliphatic rings. The summed E-state index contributed by atoms with van der Waals surface area (Å²) in [5, 5.41) is 10.2. The van der Waals surface area contributed by atoms with Crippen LogP contribution in [0.15, 0.2) is 78.9 Å². The zero-order valence-electron chi connectivity index (χ0n) is 32.3. The number of ether oxygens (including phenoxy) is 10. The fourth-order valence-electron chi connectivity index (χ4n) is 6.62. The minimum atomic E-state index is -1.07. The highest BCUT2D eigenvalue weighted by atomic mass is 16.5.